The van der Waals surface area contributed by atoms with Gasteiger partial charge in [-0.3, -0.25) is 9.59 Å². The maximum atomic E-state index is 12.2. The number of carbonyl (C=O) groups excluding carboxylic acids is 2. The van der Waals surface area contributed by atoms with Crippen LogP contribution in [0.3, 0.4) is 0 Å². The van der Waals surface area contributed by atoms with E-state index < -0.39 is 0 Å². The number of carbonyl (C=O) groups is 2. The fourth-order valence-electron chi connectivity index (χ4n) is 2.93. The molecule has 0 saturated heterocycles. The Hall–Kier alpha value is -1.88. The van der Waals surface area contributed by atoms with E-state index in [1.165, 1.54) is 0 Å². The molecule has 0 unspecified atom stereocenters. The summed E-state index contributed by atoms with van der Waals surface area (Å²) < 4.78 is 0. The van der Waals surface area contributed by atoms with E-state index in [1.807, 2.05) is 39.0 Å². The number of amides is 2. The van der Waals surface area contributed by atoms with Crippen molar-refractivity contribution in [1.82, 2.24) is 15.5 Å². The van der Waals surface area contributed by atoms with Crippen molar-refractivity contribution in [3.63, 3.8) is 0 Å². The molecule has 0 radical (unpaired) electrons. The van der Waals surface area contributed by atoms with Gasteiger partial charge < -0.3 is 15.5 Å². The van der Waals surface area contributed by atoms with Gasteiger partial charge in [-0.25, -0.2) is 0 Å². The molecule has 25 heavy (non-hydrogen) atoms. The number of nitrogens with zero attached hydrogens (tertiary/aromatic N) is 1. The van der Waals surface area contributed by atoms with Crippen LogP contribution in [-0.4, -0.2) is 48.9 Å². The summed E-state index contributed by atoms with van der Waals surface area (Å²) in [6.45, 7) is 13.4. The molecule has 0 spiro atoms. The van der Waals surface area contributed by atoms with E-state index in [-0.39, 0.29) is 24.4 Å². The van der Waals surface area contributed by atoms with Crippen molar-refractivity contribution >= 4 is 11.8 Å². The summed E-state index contributed by atoms with van der Waals surface area (Å²) >= 11 is 0. The first-order valence-corrected chi connectivity index (χ1v) is 9.23. The van der Waals surface area contributed by atoms with Gasteiger partial charge in [0.15, 0.2) is 0 Å². The van der Waals surface area contributed by atoms with Crippen LogP contribution in [-0.2, 0) is 4.79 Å². The molecule has 0 aliphatic rings. The molecule has 140 valence electrons. The zero-order valence-corrected chi connectivity index (χ0v) is 16.3. The highest BCUT2D eigenvalue weighted by Crippen LogP contribution is 2.08. The fourth-order valence-corrected chi connectivity index (χ4v) is 2.93. The lowest BCUT2D eigenvalue weighted by molar-refractivity contribution is -0.120. The molecule has 2 N–H and O–H groups in total. The summed E-state index contributed by atoms with van der Waals surface area (Å²) in [5, 5.41) is 5.64. The molecule has 5 heteroatoms. The van der Waals surface area contributed by atoms with Gasteiger partial charge in [-0.1, -0.05) is 31.0 Å². The van der Waals surface area contributed by atoms with Gasteiger partial charge >= 0.3 is 0 Å². The predicted molar refractivity (Wildman–Crippen MR) is 103 cm³/mol. The lowest BCUT2D eigenvalue weighted by atomic mass is 10.1. The van der Waals surface area contributed by atoms with E-state index in [0.717, 1.165) is 43.6 Å². The summed E-state index contributed by atoms with van der Waals surface area (Å²) in [6.07, 6.45) is 1.99. The highest BCUT2D eigenvalue weighted by atomic mass is 16.2. The second kappa shape index (κ2) is 10.9. The first-order chi connectivity index (χ1) is 11.8. The molecule has 1 aromatic rings. The lowest BCUT2D eigenvalue weighted by Gasteiger charge is -2.19. The van der Waals surface area contributed by atoms with Crippen LogP contribution in [0.4, 0.5) is 0 Å². The van der Waals surface area contributed by atoms with Gasteiger partial charge in [-0.2, -0.15) is 0 Å². The average molecular weight is 348 g/mol. The number of benzene rings is 1. The molecule has 0 bridgehead atoms. The summed E-state index contributed by atoms with van der Waals surface area (Å²) in [5.41, 5.74) is 2.67. The molecule has 2 amide bonds. The topological polar surface area (TPSA) is 61.4 Å². The van der Waals surface area contributed by atoms with Gasteiger partial charge in [0.2, 0.25) is 5.91 Å². The SMILES string of the molecule is CCN(CC)CCC[C@H](C)NC(=O)CNC(=O)c1cc(C)cc(C)c1. The second-order valence-electron chi connectivity index (χ2n) is 6.70. The highest BCUT2D eigenvalue weighted by Gasteiger charge is 2.11. The summed E-state index contributed by atoms with van der Waals surface area (Å²) in [7, 11) is 0. The maximum Gasteiger partial charge on any atom is 0.251 e. The third-order valence-corrected chi connectivity index (χ3v) is 4.31. The Balaban J connectivity index is 2.32. The molecule has 0 fully saturated rings. The van der Waals surface area contributed by atoms with E-state index in [4.69, 9.17) is 0 Å². The molecule has 0 aromatic heterocycles. The summed E-state index contributed by atoms with van der Waals surface area (Å²) in [5.74, 6) is -0.357. The normalized spacial score (nSPS) is 12.1. The monoisotopic (exact) mass is 347 g/mol. The van der Waals surface area contributed by atoms with Crippen LogP contribution >= 0.6 is 0 Å². The van der Waals surface area contributed by atoms with Crippen LogP contribution in [0.25, 0.3) is 0 Å². The summed E-state index contributed by atoms with van der Waals surface area (Å²) in [6, 6.07) is 5.79. The summed E-state index contributed by atoms with van der Waals surface area (Å²) in [4.78, 5) is 26.5. The highest BCUT2D eigenvalue weighted by molar-refractivity contribution is 5.96. The first kappa shape index (κ1) is 21.2. The molecule has 5 nitrogen and oxygen atoms in total. The minimum atomic E-state index is -0.212. The number of hydrogen-bond acceptors (Lipinski definition) is 3. The molecule has 0 aliphatic heterocycles. The zero-order chi connectivity index (χ0) is 18.8. The molecule has 1 atom stereocenters. The van der Waals surface area contributed by atoms with Crippen molar-refractivity contribution in [1.29, 1.82) is 0 Å². The van der Waals surface area contributed by atoms with Gasteiger partial charge in [0, 0.05) is 11.6 Å². The van der Waals surface area contributed by atoms with Crippen LogP contribution < -0.4 is 10.6 Å². The van der Waals surface area contributed by atoms with Crippen LogP contribution in [0.5, 0.6) is 0 Å². The number of aryl methyl sites for hydroxylation is 2. The molecule has 1 aromatic carbocycles. The zero-order valence-electron chi connectivity index (χ0n) is 16.3. The Labute approximate surface area is 152 Å². The third-order valence-electron chi connectivity index (χ3n) is 4.31. The standard InChI is InChI=1S/C20H33N3O2/c1-6-23(7-2)10-8-9-17(5)22-19(24)14-21-20(25)18-12-15(3)11-16(4)13-18/h11-13,17H,6-10,14H2,1-5H3,(H,21,25)(H,22,24)/t17-/m0/s1. The number of hydrogen-bond donors (Lipinski definition) is 2. The Morgan fingerprint density at radius 2 is 1.68 bits per heavy atom. The quantitative estimate of drug-likeness (QED) is 0.684. The molecule has 0 heterocycles. The van der Waals surface area contributed by atoms with Gasteiger partial charge in [-0.15, -0.1) is 0 Å². The van der Waals surface area contributed by atoms with Gasteiger partial charge in [0.25, 0.3) is 5.91 Å². The second-order valence-corrected chi connectivity index (χ2v) is 6.70. The third kappa shape index (κ3) is 8.16. The maximum absolute atomic E-state index is 12.2. The molecule has 0 saturated carbocycles. The molecular formula is C20H33N3O2. The van der Waals surface area contributed by atoms with Gasteiger partial charge in [0.1, 0.15) is 0 Å². The van der Waals surface area contributed by atoms with E-state index in [2.05, 4.69) is 29.4 Å². The van der Waals surface area contributed by atoms with Gasteiger partial charge in [0.05, 0.1) is 6.54 Å². The van der Waals surface area contributed by atoms with Crippen molar-refractivity contribution in [2.45, 2.75) is 53.5 Å². The lowest BCUT2D eigenvalue weighted by Crippen LogP contribution is -2.41. The minimum Gasteiger partial charge on any atom is -0.352 e. The Morgan fingerprint density at radius 3 is 2.24 bits per heavy atom. The van der Waals surface area contributed by atoms with Crippen molar-refractivity contribution < 1.29 is 9.59 Å². The fraction of sp³-hybridized carbons (Fsp3) is 0.600. The van der Waals surface area contributed by atoms with Crippen LogP contribution in [0.15, 0.2) is 18.2 Å². The minimum absolute atomic E-state index is 0.00616. The first-order valence-electron chi connectivity index (χ1n) is 9.23. The number of rotatable bonds is 10. The van der Waals surface area contributed by atoms with Crippen LogP contribution in [0.1, 0.15) is 55.1 Å². The Bertz CT molecular complexity index is 548. The van der Waals surface area contributed by atoms with Crippen molar-refractivity contribution in [3.8, 4) is 0 Å². The van der Waals surface area contributed by atoms with Crippen molar-refractivity contribution in [2.24, 2.45) is 0 Å². The van der Waals surface area contributed by atoms with Crippen LogP contribution in [0.2, 0.25) is 0 Å². The smallest absolute Gasteiger partial charge is 0.251 e. The molecule has 0 aliphatic carbocycles. The van der Waals surface area contributed by atoms with E-state index in [9.17, 15) is 9.59 Å². The molecular weight excluding hydrogens is 314 g/mol. The Morgan fingerprint density at radius 1 is 1.08 bits per heavy atom. The van der Waals surface area contributed by atoms with E-state index in [0.29, 0.717) is 5.56 Å². The van der Waals surface area contributed by atoms with Crippen molar-refractivity contribution in [3.05, 3.63) is 34.9 Å². The van der Waals surface area contributed by atoms with Gasteiger partial charge in [-0.05, 0) is 65.4 Å². The van der Waals surface area contributed by atoms with E-state index >= 15 is 0 Å². The predicted octanol–water partition coefficient (Wildman–Crippen LogP) is 2.66. The van der Waals surface area contributed by atoms with E-state index in [1.54, 1.807) is 0 Å². The van der Waals surface area contributed by atoms with Crippen LogP contribution in [0, 0.1) is 13.8 Å². The largest absolute Gasteiger partial charge is 0.352 e. The van der Waals surface area contributed by atoms with Crippen molar-refractivity contribution in [2.75, 3.05) is 26.2 Å². The average Bonchev–Trinajstić information content (AvgIpc) is 2.55. The molecule has 1 rings (SSSR count). The number of nitrogens with one attached hydrogen (secondary N) is 2. The Kier molecular flexibility index (Phi) is 9.21.